The van der Waals surface area contributed by atoms with Crippen molar-refractivity contribution >= 4 is 10.0 Å². The molecule has 1 fully saturated rings. The lowest BCUT2D eigenvalue weighted by atomic mass is 10.0. The average Bonchev–Trinajstić information content (AvgIpc) is 1.57. The van der Waals surface area contributed by atoms with E-state index in [1.54, 1.807) is 0 Å². The van der Waals surface area contributed by atoms with Gasteiger partial charge in [0.05, 0.1) is 25.0 Å². The number of nitrogens with one attached hydrogen (secondary N) is 1. The molecule has 60 valence electrons. The fourth-order valence-corrected chi connectivity index (χ4v) is 1.93. The maximum Gasteiger partial charge on any atom is 0.209 e. The summed E-state index contributed by atoms with van der Waals surface area (Å²) >= 11 is 0. The van der Waals surface area contributed by atoms with Crippen LogP contribution in [0.15, 0.2) is 0 Å². The van der Waals surface area contributed by atoms with Crippen molar-refractivity contribution in [1.82, 2.24) is 4.72 Å². The lowest BCUT2D eigenvalue weighted by Crippen LogP contribution is -2.59. The normalized spacial score (nSPS) is 23.8. The van der Waals surface area contributed by atoms with Crippen LogP contribution in [0.1, 0.15) is 6.92 Å². The topological polar surface area (TPSA) is 55.4 Å². The summed E-state index contributed by atoms with van der Waals surface area (Å²) < 4.78 is 28.7. The molecule has 0 aromatic carbocycles. The highest BCUT2D eigenvalue weighted by atomic mass is 32.2. The van der Waals surface area contributed by atoms with Crippen molar-refractivity contribution in [2.45, 2.75) is 12.5 Å². The van der Waals surface area contributed by atoms with Crippen molar-refractivity contribution in [3.05, 3.63) is 0 Å². The highest BCUT2D eigenvalue weighted by Crippen LogP contribution is 2.15. The second-order valence-electron chi connectivity index (χ2n) is 2.93. The van der Waals surface area contributed by atoms with Crippen LogP contribution in [0.5, 0.6) is 0 Å². The van der Waals surface area contributed by atoms with E-state index >= 15 is 0 Å². The maximum absolute atomic E-state index is 10.7. The third kappa shape index (κ3) is 1.93. The van der Waals surface area contributed by atoms with E-state index in [0.717, 1.165) is 6.26 Å². The molecule has 0 unspecified atom stereocenters. The zero-order chi connectivity index (χ0) is 7.83. The van der Waals surface area contributed by atoms with Crippen molar-refractivity contribution in [3.8, 4) is 0 Å². The SMILES string of the molecule is CC1(NS(C)(=O)=O)COC1. The second kappa shape index (κ2) is 2.18. The van der Waals surface area contributed by atoms with E-state index in [1.165, 1.54) is 0 Å². The Morgan fingerprint density at radius 2 is 2.00 bits per heavy atom. The minimum atomic E-state index is -3.07. The van der Waals surface area contributed by atoms with Crippen LogP contribution < -0.4 is 4.72 Å². The molecule has 1 rings (SSSR count). The summed E-state index contributed by atoms with van der Waals surface area (Å²) in [5.74, 6) is 0. The van der Waals surface area contributed by atoms with Crippen LogP contribution in [0.3, 0.4) is 0 Å². The van der Waals surface area contributed by atoms with Crippen molar-refractivity contribution in [1.29, 1.82) is 0 Å². The molecular weight excluding hydrogens is 154 g/mol. The molecule has 0 aliphatic carbocycles. The summed E-state index contributed by atoms with van der Waals surface area (Å²) in [5.41, 5.74) is -0.354. The van der Waals surface area contributed by atoms with E-state index in [-0.39, 0.29) is 5.54 Å². The summed E-state index contributed by atoms with van der Waals surface area (Å²) in [6.45, 7) is 2.76. The molecule has 1 heterocycles. The molecule has 1 saturated heterocycles. The van der Waals surface area contributed by atoms with Gasteiger partial charge in [-0.2, -0.15) is 0 Å². The van der Waals surface area contributed by atoms with Crippen LogP contribution in [0, 0.1) is 0 Å². The van der Waals surface area contributed by atoms with Crippen LogP contribution in [0.4, 0.5) is 0 Å². The smallest absolute Gasteiger partial charge is 0.209 e. The number of hydrogen-bond acceptors (Lipinski definition) is 3. The Hall–Kier alpha value is -0.130. The molecule has 0 spiro atoms. The van der Waals surface area contributed by atoms with E-state index < -0.39 is 10.0 Å². The predicted octanol–water partition coefficient (Wildman–Crippen LogP) is -0.675. The van der Waals surface area contributed by atoms with Crippen LogP contribution in [0.2, 0.25) is 0 Å². The molecule has 0 amide bonds. The number of sulfonamides is 1. The highest BCUT2D eigenvalue weighted by Gasteiger charge is 2.35. The van der Waals surface area contributed by atoms with Gasteiger partial charge in [0, 0.05) is 0 Å². The fourth-order valence-electron chi connectivity index (χ4n) is 0.915. The van der Waals surface area contributed by atoms with Crippen molar-refractivity contribution in [2.75, 3.05) is 19.5 Å². The first-order chi connectivity index (χ1) is 4.41. The van der Waals surface area contributed by atoms with Gasteiger partial charge in [-0.15, -0.1) is 0 Å². The Morgan fingerprint density at radius 1 is 1.50 bits per heavy atom. The van der Waals surface area contributed by atoms with Crippen LogP contribution in [-0.2, 0) is 14.8 Å². The van der Waals surface area contributed by atoms with Gasteiger partial charge in [0.15, 0.2) is 0 Å². The van der Waals surface area contributed by atoms with Gasteiger partial charge in [-0.3, -0.25) is 0 Å². The molecule has 0 bridgehead atoms. The zero-order valence-electron chi connectivity index (χ0n) is 6.05. The number of ether oxygens (including phenoxy) is 1. The van der Waals surface area contributed by atoms with E-state index in [0.29, 0.717) is 13.2 Å². The molecule has 10 heavy (non-hydrogen) atoms. The molecule has 0 aromatic rings. The molecule has 0 radical (unpaired) electrons. The van der Waals surface area contributed by atoms with Crippen LogP contribution >= 0.6 is 0 Å². The number of hydrogen-bond donors (Lipinski definition) is 1. The maximum atomic E-state index is 10.7. The third-order valence-corrected chi connectivity index (χ3v) is 2.14. The molecule has 0 saturated carbocycles. The van der Waals surface area contributed by atoms with Crippen molar-refractivity contribution in [2.24, 2.45) is 0 Å². The summed E-state index contributed by atoms with van der Waals surface area (Å²) in [6.07, 6.45) is 1.15. The quantitative estimate of drug-likeness (QED) is 0.590. The van der Waals surface area contributed by atoms with E-state index in [2.05, 4.69) is 4.72 Å². The van der Waals surface area contributed by atoms with Gasteiger partial charge in [0.1, 0.15) is 0 Å². The highest BCUT2D eigenvalue weighted by molar-refractivity contribution is 7.88. The zero-order valence-corrected chi connectivity index (χ0v) is 6.86. The van der Waals surface area contributed by atoms with Gasteiger partial charge in [-0.05, 0) is 6.92 Å². The molecule has 4 nitrogen and oxygen atoms in total. The molecule has 0 atom stereocenters. The first kappa shape index (κ1) is 7.97. The Labute approximate surface area is 60.6 Å². The first-order valence-electron chi connectivity index (χ1n) is 2.98. The van der Waals surface area contributed by atoms with E-state index in [1.807, 2.05) is 6.92 Å². The second-order valence-corrected chi connectivity index (χ2v) is 4.68. The summed E-state index contributed by atoms with van der Waals surface area (Å²) in [4.78, 5) is 0. The lowest BCUT2D eigenvalue weighted by Gasteiger charge is -2.37. The van der Waals surface area contributed by atoms with Crippen molar-refractivity contribution < 1.29 is 13.2 Å². The lowest BCUT2D eigenvalue weighted by molar-refractivity contribution is -0.0522. The molecule has 0 aromatic heterocycles. The molecular formula is C5H11NO3S. The van der Waals surface area contributed by atoms with E-state index in [9.17, 15) is 8.42 Å². The van der Waals surface area contributed by atoms with Crippen LogP contribution in [0.25, 0.3) is 0 Å². The Bertz CT molecular complexity index is 217. The molecule has 1 aliphatic rings. The van der Waals surface area contributed by atoms with Crippen molar-refractivity contribution in [3.63, 3.8) is 0 Å². The van der Waals surface area contributed by atoms with Gasteiger partial charge in [-0.25, -0.2) is 13.1 Å². The summed E-state index contributed by atoms with van der Waals surface area (Å²) in [7, 11) is -3.07. The van der Waals surface area contributed by atoms with Gasteiger partial charge in [0.25, 0.3) is 0 Å². The summed E-state index contributed by atoms with van der Waals surface area (Å²) in [6, 6.07) is 0. The largest absolute Gasteiger partial charge is 0.377 e. The van der Waals surface area contributed by atoms with Crippen LogP contribution in [-0.4, -0.2) is 33.4 Å². The van der Waals surface area contributed by atoms with Gasteiger partial charge >= 0.3 is 0 Å². The summed E-state index contributed by atoms with van der Waals surface area (Å²) in [5, 5.41) is 0. The molecule has 1 aliphatic heterocycles. The first-order valence-corrected chi connectivity index (χ1v) is 4.87. The Balaban J connectivity index is 2.53. The third-order valence-electron chi connectivity index (χ3n) is 1.27. The van der Waals surface area contributed by atoms with E-state index in [4.69, 9.17) is 4.74 Å². The minimum Gasteiger partial charge on any atom is -0.377 e. The minimum absolute atomic E-state index is 0.354. The molecule has 1 N–H and O–H groups in total. The Kier molecular flexibility index (Phi) is 1.74. The Morgan fingerprint density at radius 3 is 2.10 bits per heavy atom. The monoisotopic (exact) mass is 165 g/mol. The van der Waals surface area contributed by atoms with Gasteiger partial charge in [0.2, 0.25) is 10.0 Å². The average molecular weight is 165 g/mol. The van der Waals surface area contributed by atoms with Gasteiger partial charge < -0.3 is 4.74 Å². The van der Waals surface area contributed by atoms with Gasteiger partial charge in [-0.1, -0.05) is 0 Å². The molecule has 5 heteroatoms. The predicted molar refractivity (Wildman–Crippen MR) is 37.2 cm³/mol. The number of rotatable bonds is 2. The fraction of sp³-hybridized carbons (Fsp3) is 1.00. The standard InChI is InChI=1S/C5H11NO3S/c1-5(3-9-4-5)6-10(2,7)8/h6H,3-4H2,1-2H3.